The van der Waals surface area contributed by atoms with E-state index in [0.717, 1.165) is 5.56 Å². The van der Waals surface area contributed by atoms with Crippen molar-refractivity contribution < 1.29 is 23.7 Å². The van der Waals surface area contributed by atoms with E-state index in [2.05, 4.69) is 0 Å². The van der Waals surface area contributed by atoms with Crippen LogP contribution >= 0.6 is 0 Å². The Kier molecular flexibility index (Phi) is 4.47. The minimum absolute atomic E-state index is 0.0203. The number of carbonyl (C=O) groups is 1. The number of hydrogen-bond acceptors (Lipinski definition) is 5. The third-order valence-electron chi connectivity index (χ3n) is 4.52. The van der Waals surface area contributed by atoms with Crippen LogP contribution in [0, 0.1) is 11.8 Å². The minimum Gasteiger partial charge on any atom is -0.456 e. The molecule has 2 aliphatic heterocycles. The molecular formula is C17H22O5. The van der Waals surface area contributed by atoms with E-state index >= 15 is 0 Å². The van der Waals surface area contributed by atoms with Gasteiger partial charge in [-0.3, -0.25) is 4.79 Å². The van der Waals surface area contributed by atoms with Crippen LogP contribution in [0.1, 0.15) is 19.4 Å². The zero-order valence-corrected chi connectivity index (χ0v) is 13.1. The molecule has 0 unspecified atom stereocenters. The largest absolute Gasteiger partial charge is 0.456 e. The average molecular weight is 306 g/mol. The molecule has 2 aliphatic rings. The predicted molar refractivity (Wildman–Crippen MR) is 78.9 cm³/mol. The summed E-state index contributed by atoms with van der Waals surface area (Å²) in [6, 6.07) is 9.95. The standard InChI is InChI=1S/C17H22O5/c1-10-14-15(21-16(10)18)13(11(2)17(19-3)22-14)20-9-12-7-5-4-6-8-12/h4-8,10-11,13-15,17H,9H2,1-3H3/t10-,11+,13+,14-,15+,17+/m1/s1. The first-order valence-corrected chi connectivity index (χ1v) is 7.66. The van der Waals surface area contributed by atoms with Crippen molar-refractivity contribution in [3.05, 3.63) is 35.9 Å². The molecule has 0 bridgehead atoms. The van der Waals surface area contributed by atoms with Crippen LogP contribution in [0.5, 0.6) is 0 Å². The van der Waals surface area contributed by atoms with Gasteiger partial charge in [-0.15, -0.1) is 0 Å². The van der Waals surface area contributed by atoms with Gasteiger partial charge in [0.05, 0.1) is 12.5 Å². The Labute approximate surface area is 130 Å². The van der Waals surface area contributed by atoms with Gasteiger partial charge < -0.3 is 18.9 Å². The zero-order chi connectivity index (χ0) is 15.7. The van der Waals surface area contributed by atoms with Crippen LogP contribution in [0.3, 0.4) is 0 Å². The monoisotopic (exact) mass is 306 g/mol. The van der Waals surface area contributed by atoms with Gasteiger partial charge in [-0.05, 0) is 12.5 Å². The number of hydrogen-bond donors (Lipinski definition) is 0. The lowest BCUT2D eigenvalue weighted by molar-refractivity contribution is -0.270. The molecule has 2 saturated heterocycles. The van der Waals surface area contributed by atoms with Gasteiger partial charge in [0.25, 0.3) is 0 Å². The Morgan fingerprint density at radius 3 is 2.55 bits per heavy atom. The molecule has 1 aromatic rings. The highest BCUT2D eigenvalue weighted by molar-refractivity contribution is 5.75. The van der Waals surface area contributed by atoms with Gasteiger partial charge >= 0.3 is 5.97 Å². The van der Waals surface area contributed by atoms with Gasteiger partial charge in [0.15, 0.2) is 12.4 Å². The maximum atomic E-state index is 11.9. The maximum absolute atomic E-state index is 11.9. The highest BCUT2D eigenvalue weighted by Crippen LogP contribution is 2.38. The Hall–Kier alpha value is -1.43. The quantitative estimate of drug-likeness (QED) is 0.798. The lowest BCUT2D eigenvalue weighted by atomic mass is 9.89. The van der Waals surface area contributed by atoms with E-state index in [0.29, 0.717) is 6.61 Å². The molecule has 2 heterocycles. The summed E-state index contributed by atoms with van der Waals surface area (Å²) in [6.45, 7) is 4.29. The smallest absolute Gasteiger partial charge is 0.311 e. The van der Waals surface area contributed by atoms with Crippen LogP contribution in [-0.4, -0.2) is 37.7 Å². The third-order valence-corrected chi connectivity index (χ3v) is 4.52. The van der Waals surface area contributed by atoms with E-state index in [1.165, 1.54) is 0 Å². The van der Waals surface area contributed by atoms with Crippen LogP contribution in [-0.2, 0) is 30.3 Å². The molecule has 5 heteroatoms. The molecule has 3 rings (SSSR count). The van der Waals surface area contributed by atoms with Crippen molar-refractivity contribution in [2.45, 2.75) is 45.1 Å². The normalized spacial score (nSPS) is 37.7. The van der Waals surface area contributed by atoms with E-state index in [9.17, 15) is 4.79 Å². The molecule has 22 heavy (non-hydrogen) atoms. The number of methoxy groups -OCH3 is 1. The van der Waals surface area contributed by atoms with E-state index in [-0.39, 0.29) is 42.4 Å². The van der Waals surface area contributed by atoms with E-state index in [4.69, 9.17) is 18.9 Å². The summed E-state index contributed by atoms with van der Waals surface area (Å²) in [5, 5.41) is 0. The molecule has 6 atom stereocenters. The molecule has 2 fully saturated rings. The topological polar surface area (TPSA) is 54.0 Å². The number of fused-ring (bicyclic) bond motifs is 1. The SMILES string of the molecule is CO[C@H]1O[C@H]2[C@@H](OC(=O)[C@@H]2C)[C@@H](OCc2ccccc2)[C@@H]1C. The predicted octanol–water partition coefficient (Wildman–Crippen LogP) is 2.14. The fraction of sp³-hybridized carbons (Fsp3) is 0.588. The fourth-order valence-corrected chi connectivity index (χ4v) is 3.19. The van der Waals surface area contributed by atoms with Gasteiger partial charge in [0.2, 0.25) is 0 Å². The molecule has 0 spiro atoms. The van der Waals surface area contributed by atoms with Crippen LogP contribution in [0.4, 0.5) is 0 Å². The van der Waals surface area contributed by atoms with Crippen molar-refractivity contribution in [3.8, 4) is 0 Å². The second-order valence-corrected chi connectivity index (χ2v) is 6.02. The lowest BCUT2D eigenvalue weighted by Crippen LogP contribution is -2.54. The zero-order valence-electron chi connectivity index (χ0n) is 13.1. The van der Waals surface area contributed by atoms with Gasteiger partial charge in [0.1, 0.15) is 12.2 Å². The first-order chi connectivity index (χ1) is 10.6. The molecule has 0 aromatic heterocycles. The number of ether oxygens (including phenoxy) is 4. The third kappa shape index (κ3) is 2.76. The van der Waals surface area contributed by atoms with Gasteiger partial charge in [-0.2, -0.15) is 0 Å². The molecular weight excluding hydrogens is 284 g/mol. The second kappa shape index (κ2) is 6.36. The van der Waals surface area contributed by atoms with Crippen LogP contribution < -0.4 is 0 Å². The number of carbonyl (C=O) groups excluding carboxylic acids is 1. The van der Waals surface area contributed by atoms with Gasteiger partial charge in [-0.1, -0.05) is 37.3 Å². The molecule has 0 radical (unpaired) electrons. The number of benzene rings is 1. The molecule has 0 N–H and O–H groups in total. The lowest BCUT2D eigenvalue weighted by Gasteiger charge is -2.41. The van der Waals surface area contributed by atoms with E-state index in [1.807, 2.05) is 44.2 Å². The van der Waals surface area contributed by atoms with Crippen LogP contribution in [0.2, 0.25) is 0 Å². The Morgan fingerprint density at radius 1 is 1.14 bits per heavy atom. The summed E-state index contributed by atoms with van der Waals surface area (Å²) in [7, 11) is 1.61. The molecule has 0 aliphatic carbocycles. The van der Waals surface area contributed by atoms with Crippen molar-refractivity contribution in [3.63, 3.8) is 0 Å². The molecule has 5 nitrogen and oxygen atoms in total. The minimum atomic E-state index is -0.390. The maximum Gasteiger partial charge on any atom is 0.311 e. The summed E-state index contributed by atoms with van der Waals surface area (Å²) in [5.41, 5.74) is 1.09. The van der Waals surface area contributed by atoms with Crippen molar-refractivity contribution in [2.75, 3.05) is 7.11 Å². The summed E-state index contributed by atoms with van der Waals surface area (Å²) in [6.07, 6.45) is -1.31. The van der Waals surface area contributed by atoms with Crippen molar-refractivity contribution >= 4 is 5.97 Å². The Bertz CT molecular complexity index is 517. The number of esters is 1. The molecule has 0 amide bonds. The Morgan fingerprint density at radius 2 is 1.86 bits per heavy atom. The van der Waals surface area contributed by atoms with Gasteiger partial charge in [-0.25, -0.2) is 0 Å². The van der Waals surface area contributed by atoms with Crippen molar-refractivity contribution in [1.29, 1.82) is 0 Å². The average Bonchev–Trinajstić information content (AvgIpc) is 2.82. The van der Waals surface area contributed by atoms with Crippen LogP contribution in [0.25, 0.3) is 0 Å². The first kappa shape index (κ1) is 15.5. The Balaban J connectivity index is 1.75. The molecule has 0 saturated carbocycles. The highest BCUT2D eigenvalue weighted by Gasteiger charge is 2.54. The van der Waals surface area contributed by atoms with Gasteiger partial charge in [0, 0.05) is 13.0 Å². The van der Waals surface area contributed by atoms with Crippen LogP contribution in [0.15, 0.2) is 30.3 Å². The van der Waals surface area contributed by atoms with E-state index < -0.39 is 0 Å². The summed E-state index contributed by atoms with van der Waals surface area (Å²) >= 11 is 0. The summed E-state index contributed by atoms with van der Waals surface area (Å²) in [5.74, 6) is -0.543. The van der Waals surface area contributed by atoms with Crippen molar-refractivity contribution in [2.24, 2.45) is 11.8 Å². The summed E-state index contributed by atoms with van der Waals surface area (Å²) in [4.78, 5) is 11.9. The summed E-state index contributed by atoms with van der Waals surface area (Å²) < 4.78 is 22.9. The fourth-order valence-electron chi connectivity index (χ4n) is 3.19. The molecule has 1 aromatic carbocycles. The molecule has 120 valence electrons. The highest BCUT2D eigenvalue weighted by atomic mass is 16.7. The first-order valence-electron chi connectivity index (χ1n) is 7.66. The second-order valence-electron chi connectivity index (χ2n) is 6.02. The van der Waals surface area contributed by atoms with Crippen molar-refractivity contribution in [1.82, 2.24) is 0 Å². The van der Waals surface area contributed by atoms with E-state index in [1.54, 1.807) is 7.11 Å². The number of rotatable bonds is 4.